The van der Waals surface area contributed by atoms with Crippen molar-refractivity contribution in [2.24, 2.45) is 16.6 Å². The Bertz CT molecular complexity index is 1170. The topological polar surface area (TPSA) is 111 Å². The van der Waals surface area contributed by atoms with E-state index in [1.807, 2.05) is 39.8 Å². The number of rotatable bonds is 9. The highest BCUT2D eigenvalue weighted by atomic mass is 35.5. The smallest absolute Gasteiger partial charge is 0.362 e. The fraction of sp³-hybridized carbons (Fsp3) is 0.643. The molecule has 2 amide bonds. The number of benzene rings is 1. The molecule has 3 N–H and O–H groups in total. The van der Waals surface area contributed by atoms with E-state index in [0.717, 1.165) is 5.56 Å². The first-order chi connectivity index (χ1) is 17.9. The van der Waals surface area contributed by atoms with Crippen LogP contribution in [-0.2, 0) is 14.3 Å². The molecule has 0 bridgehead atoms. The van der Waals surface area contributed by atoms with E-state index in [1.165, 1.54) is 0 Å². The Labute approximate surface area is 229 Å². The van der Waals surface area contributed by atoms with E-state index < -0.39 is 22.7 Å². The fourth-order valence-corrected chi connectivity index (χ4v) is 6.21. The second-order valence-corrected chi connectivity index (χ2v) is 11.8. The van der Waals surface area contributed by atoms with Gasteiger partial charge in [-0.15, -0.1) is 0 Å². The average Bonchev–Trinajstić information content (AvgIpc) is 3.61. The van der Waals surface area contributed by atoms with Crippen LogP contribution in [0.4, 0.5) is 0 Å². The number of nitrogens with one attached hydrogen (secondary N) is 1. The molecular formula is C28H39ClN5O4+. The van der Waals surface area contributed by atoms with Crippen molar-refractivity contribution >= 4 is 29.4 Å². The summed E-state index contributed by atoms with van der Waals surface area (Å²) in [6.07, 6.45) is 3.11. The van der Waals surface area contributed by atoms with Crippen molar-refractivity contribution in [1.29, 1.82) is 0 Å². The van der Waals surface area contributed by atoms with Crippen molar-refractivity contribution in [3.8, 4) is 12.3 Å². The monoisotopic (exact) mass is 544 g/mol. The molecule has 4 rings (SSSR count). The summed E-state index contributed by atoms with van der Waals surface area (Å²) in [5.41, 5.74) is 5.04. The Morgan fingerprint density at radius 1 is 1.37 bits per heavy atom. The molecule has 1 saturated carbocycles. The molecule has 1 aromatic rings. The molecule has 1 unspecified atom stereocenters. The summed E-state index contributed by atoms with van der Waals surface area (Å²) in [6, 6.07) is 4.63. The zero-order chi connectivity index (χ0) is 27.9. The molecule has 0 radical (unpaired) electrons. The normalized spacial score (nSPS) is 27.9. The predicted molar refractivity (Wildman–Crippen MR) is 147 cm³/mol. The van der Waals surface area contributed by atoms with Crippen LogP contribution in [0.3, 0.4) is 0 Å². The van der Waals surface area contributed by atoms with Crippen molar-refractivity contribution in [2.45, 2.75) is 95.0 Å². The second kappa shape index (κ2) is 10.4. The molecule has 2 heterocycles. The van der Waals surface area contributed by atoms with Crippen molar-refractivity contribution in [3.05, 3.63) is 33.6 Å². The quantitative estimate of drug-likeness (QED) is 0.482. The molecule has 0 saturated heterocycles. The summed E-state index contributed by atoms with van der Waals surface area (Å²) in [5, 5.41) is 3.72. The van der Waals surface area contributed by atoms with Crippen molar-refractivity contribution in [2.75, 3.05) is 13.7 Å². The zero-order valence-corrected chi connectivity index (χ0v) is 23.7. The van der Waals surface area contributed by atoms with Crippen LogP contribution >= 0.6 is 11.6 Å². The first kappa shape index (κ1) is 28.2. The number of nitrogens with zero attached hydrogens (tertiary/aromatic N) is 3. The number of carbonyl (C=O) groups excluding carboxylic acids is 2. The van der Waals surface area contributed by atoms with Crippen LogP contribution in [0.25, 0.3) is 4.85 Å². The maximum atomic E-state index is 13.8. The first-order valence-corrected chi connectivity index (χ1v) is 13.7. The standard InChI is InChI=1S/C28H38ClN5O4/c1-7-27(8-2)16-23(35)34(25(30)33-27)21(11-12-37-6)19-14-28(19,31-5)24(36)32-20-15-26(3,4)38-22-10-9-17(29)13-18(20)22/h5,9-10,13,19-21H,7-8,11-12,14-16H2,1-4,6H3,(H2-,30,32,33,36)/p+1/t19?,20-,21+,28+/m0/s1. The van der Waals surface area contributed by atoms with Crippen LogP contribution in [0.5, 0.6) is 5.75 Å². The lowest BCUT2D eigenvalue weighted by Crippen LogP contribution is -2.57. The molecule has 4 atom stereocenters. The molecule has 3 aliphatic rings. The Morgan fingerprint density at radius 3 is 2.68 bits per heavy atom. The Hall–Kier alpha value is -2.83. The van der Waals surface area contributed by atoms with E-state index >= 15 is 0 Å². The fourth-order valence-electron chi connectivity index (χ4n) is 6.03. The lowest BCUT2D eigenvalue weighted by Gasteiger charge is -2.40. The molecule has 0 aromatic heterocycles. The molecule has 10 heteroatoms. The number of methoxy groups -OCH3 is 1. The van der Waals surface area contributed by atoms with Crippen LogP contribution in [0.15, 0.2) is 23.2 Å². The van der Waals surface area contributed by atoms with Crippen LogP contribution in [0.1, 0.15) is 77.8 Å². The lowest BCUT2D eigenvalue weighted by atomic mass is 9.87. The van der Waals surface area contributed by atoms with E-state index in [4.69, 9.17) is 38.4 Å². The molecule has 1 aliphatic carbocycles. The van der Waals surface area contributed by atoms with Crippen molar-refractivity contribution in [3.63, 3.8) is 0 Å². The van der Waals surface area contributed by atoms with E-state index in [0.29, 0.717) is 49.5 Å². The zero-order valence-electron chi connectivity index (χ0n) is 22.9. The largest absolute Gasteiger partial charge is 0.487 e. The van der Waals surface area contributed by atoms with Crippen LogP contribution in [-0.4, -0.2) is 59.1 Å². The lowest BCUT2D eigenvalue weighted by molar-refractivity contribution is -0.133. The van der Waals surface area contributed by atoms with Crippen molar-refractivity contribution in [1.82, 2.24) is 10.2 Å². The molecule has 9 nitrogen and oxygen atoms in total. The third kappa shape index (κ3) is 5.08. The number of aliphatic imine (C=N–C) groups is 1. The molecule has 1 aromatic carbocycles. The summed E-state index contributed by atoms with van der Waals surface area (Å²) in [5.74, 6) is 0.132. The SMILES string of the molecule is C#[N+][C@]1(C(=O)N[C@H]2CC(C)(C)Oc3ccc(Cl)cc32)CC1[C@@H](CCOC)N1C(=O)CC(CC)(CC)N=C1N. The van der Waals surface area contributed by atoms with Crippen LogP contribution in [0, 0.1) is 12.5 Å². The third-order valence-corrected chi connectivity index (χ3v) is 8.66. The number of fused-ring (bicyclic) bond motifs is 1. The number of guanidine groups is 1. The maximum Gasteiger partial charge on any atom is 0.362 e. The van der Waals surface area contributed by atoms with Gasteiger partial charge in [0.1, 0.15) is 11.4 Å². The third-order valence-electron chi connectivity index (χ3n) is 8.42. The Morgan fingerprint density at radius 2 is 2.08 bits per heavy atom. The van der Waals surface area contributed by atoms with E-state index in [2.05, 4.69) is 10.2 Å². The first-order valence-electron chi connectivity index (χ1n) is 13.3. The molecule has 38 heavy (non-hydrogen) atoms. The summed E-state index contributed by atoms with van der Waals surface area (Å²) < 4.78 is 11.5. The Balaban J connectivity index is 1.61. The van der Waals surface area contributed by atoms with Gasteiger partial charge in [0.05, 0.1) is 36.4 Å². The van der Waals surface area contributed by atoms with Gasteiger partial charge in [0.15, 0.2) is 5.96 Å². The minimum atomic E-state index is -1.19. The van der Waals surface area contributed by atoms with Gasteiger partial charge in [-0.3, -0.25) is 14.5 Å². The van der Waals surface area contributed by atoms with Crippen LogP contribution < -0.4 is 15.8 Å². The van der Waals surface area contributed by atoms with E-state index in [1.54, 1.807) is 18.1 Å². The summed E-state index contributed by atoms with van der Waals surface area (Å²) in [7, 11) is 1.60. The Kier molecular flexibility index (Phi) is 7.70. The van der Waals surface area contributed by atoms with Gasteiger partial charge < -0.3 is 20.5 Å². The van der Waals surface area contributed by atoms with Gasteiger partial charge in [-0.2, -0.15) is 0 Å². The van der Waals surface area contributed by atoms with Gasteiger partial charge in [0, 0.05) is 30.7 Å². The molecule has 2 aliphatic heterocycles. The van der Waals surface area contributed by atoms with Crippen LogP contribution in [0.2, 0.25) is 5.02 Å². The summed E-state index contributed by atoms with van der Waals surface area (Å²) >= 11 is 6.27. The minimum absolute atomic E-state index is 0.102. The molecule has 0 spiro atoms. The number of hydrogen-bond donors (Lipinski definition) is 2. The number of amides is 2. The van der Waals surface area contributed by atoms with Crippen molar-refractivity contribution < 1.29 is 19.1 Å². The number of carbonyl (C=O) groups is 2. The van der Waals surface area contributed by atoms with Gasteiger partial charge in [-0.1, -0.05) is 30.3 Å². The van der Waals surface area contributed by atoms with Gasteiger partial charge >= 0.3 is 11.4 Å². The van der Waals surface area contributed by atoms with E-state index in [9.17, 15) is 9.59 Å². The van der Waals surface area contributed by atoms with Gasteiger partial charge in [-0.25, -0.2) is 4.99 Å². The molecular weight excluding hydrogens is 506 g/mol. The summed E-state index contributed by atoms with van der Waals surface area (Å²) in [4.78, 5) is 37.6. The van der Waals surface area contributed by atoms with Gasteiger partial charge in [0.2, 0.25) is 5.91 Å². The van der Waals surface area contributed by atoms with E-state index in [-0.39, 0.29) is 36.2 Å². The predicted octanol–water partition coefficient (Wildman–Crippen LogP) is 4.29. The molecule has 1 fully saturated rings. The number of nitrogens with two attached hydrogens (primary N) is 1. The van der Waals surface area contributed by atoms with Gasteiger partial charge in [0.25, 0.3) is 6.57 Å². The molecule has 206 valence electrons. The highest BCUT2D eigenvalue weighted by Crippen LogP contribution is 2.53. The van der Waals surface area contributed by atoms with Gasteiger partial charge in [-0.05, 0) is 51.3 Å². The minimum Gasteiger partial charge on any atom is -0.487 e. The number of halogens is 1. The number of ether oxygens (including phenoxy) is 2. The highest BCUT2D eigenvalue weighted by Gasteiger charge is 2.75. The average molecular weight is 545 g/mol. The highest BCUT2D eigenvalue weighted by molar-refractivity contribution is 6.30. The number of hydrogen-bond acceptors (Lipinski definition) is 6. The maximum absolute atomic E-state index is 13.8. The summed E-state index contributed by atoms with van der Waals surface area (Å²) in [6.45, 7) is 14.3. The second-order valence-electron chi connectivity index (χ2n) is 11.3.